The van der Waals surface area contributed by atoms with Gasteiger partial charge < -0.3 is 15.1 Å². The third kappa shape index (κ3) is 5.46. The predicted molar refractivity (Wildman–Crippen MR) is 103 cm³/mol. The van der Waals surface area contributed by atoms with E-state index in [-0.39, 0.29) is 12.1 Å². The summed E-state index contributed by atoms with van der Waals surface area (Å²) < 4.78 is 0. The summed E-state index contributed by atoms with van der Waals surface area (Å²) >= 11 is 0. The van der Waals surface area contributed by atoms with Crippen LogP contribution in [0.25, 0.3) is 0 Å². The second-order valence-electron chi connectivity index (χ2n) is 7.28. The van der Waals surface area contributed by atoms with Crippen LogP contribution >= 0.6 is 0 Å². The Morgan fingerprint density at radius 3 is 2.46 bits per heavy atom. The van der Waals surface area contributed by atoms with Crippen LogP contribution in [0.3, 0.4) is 0 Å². The first kappa shape index (κ1) is 18.7. The highest BCUT2D eigenvalue weighted by molar-refractivity contribution is 6.00. The molecule has 0 spiro atoms. The maximum Gasteiger partial charge on any atom is 0.327 e. The standard InChI is InChI=1S/C20H30N4O2/c25-19(21-17-9-3-1-4-10-17)22-20(26)24-15-8-5-11-18(24)12-16-23-13-6-2-7-14-23/h1,3-4,9-10,18H,2,5-8,11-16H2,(H2,21,22,25,26). The molecule has 2 aliphatic heterocycles. The number of imide groups is 1. The largest absolute Gasteiger partial charge is 0.327 e. The molecule has 2 heterocycles. The Morgan fingerprint density at radius 2 is 1.69 bits per heavy atom. The van der Waals surface area contributed by atoms with E-state index >= 15 is 0 Å². The van der Waals surface area contributed by atoms with Crippen LogP contribution in [0.2, 0.25) is 0 Å². The van der Waals surface area contributed by atoms with Crippen molar-refractivity contribution in [2.45, 2.75) is 51.0 Å². The van der Waals surface area contributed by atoms with Crippen LogP contribution in [0.15, 0.2) is 30.3 Å². The number of urea groups is 2. The van der Waals surface area contributed by atoms with Gasteiger partial charge in [-0.05, 0) is 63.7 Å². The number of carbonyl (C=O) groups is 2. The zero-order valence-electron chi connectivity index (χ0n) is 15.5. The van der Waals surface area contributed by atoms with Crippen molar-refractivity contribution in [1.29, 1.82) is 0 Å². The van der Waals surface area contributed by atoms with E-state index in [9.17, 15) is 9.59 Å². The van der Waals surface area contributed by atoms with Gasteiger partial charge >= 0.3 is 12.1 Å². The monoisotopic (exact) mass is 358 g/mol. The molecule has 1 aromatic carbocycles. The number of carbonyl (C=O) groups excluding carboxylic acids is 2. The van der Waals surface area contributed by atoms with Crippen molar-refractivity contribution in [1.82, 2.24) is 15.1 Å². The maximum absolute atomic E-state index is 12.6. The lowest BCUT2D eigenvalue weighted by Gasteiger charge is -2.37. The van der Waals surface area contributed by atoms with Gasteiger partial charge in [-0.25, -0.2) is 9.59 Å². The average molecular weight is 358 g/mol. The molecule has 142 valence electrons. The molecule has 2 saturated heterocycles. The van der Waals surface area contributed by atoms with Gasteiger partial charge in [-0.3, -0.25) is 5.32 Å². The van der Waals surface area contributed by atoms with Crippen molar-refractivity contribution in [3.63, 3.8) is 0 Å². The van der Waals surface area contributed by atoms with Crippen LogP contribution in [0.5, 0.6) is 0 Å². The fourth-order valence-electron chi connectivity index (χ4n) is 3.94. The van der Waals surface area contributed by atoms with Crippen molar-refractivity contribution in [3.05, 3.63) is 30.3 Å². The Morgan fingerprint density at radius 1 is 0.962 bits per heavy atom. The molecule has 2 aliphatic rings. The third-order valence-corrected chi connectivity index (χ3v) is 5.37. The highest BCUT2D eigenvalue weighted by Crippen LogP contribution is 2.21. The Hall–Kier alpha value is -2.08. The molecule has 1 atom stereocenters. The molecule has 0 aromatic heterocycles. The van der Waals surface area contributed by atoms with Gasteiger partial charge in [-0.1, -0.05) is 24.6 Å². The number of benzene rings is 1. The second-order valence-corrected chi connectivity index (χ2v) is 7.28. The fraction of sp³-hybridized carbons (Fsp3) is 0.600. The number of rotatable bonds is 4. The van der Waals surface area contributed by atoms with Crippen LogP contribution in [0, 0.1) is 0 Å². The first-order valence-electron chi connectivity index (χ1n) is 9.88. The van der Waals surface area contributed by atoms with E-state index in [4.69, 9.17) is 0 Å². The minimum Gasteiger partial charge on any atom is -0.321 e. The van der Waals surface area contributed by atoms with Gasteiger partial charge in [0.25, 0.3) is 0 Å². The van der Waals surface area contributed by atoms with Gasteiger partial charge in [0.05, 0.1) is 0 Å². The highest BCUT2D eigenvalue weighted by Gasteiger charge is 2.28. The van der Waals surface area contributed by atoms with Crippen LogP contribution < -0.4 is 10.6 Å². The summed E-state index contributed by atoms with van der Waals surface area (Å²) in [6.45, 7) is 4.14. The molecule has 6 heteroatoms. The van der Waals surface area contributed by atoms with Crippen LogP contribution in [-0.2, 0) is 0 Å². The van der Waals surface area contributed by atoms with Crippen molar-refractivity contribution in [2.24, 2.45) is 0 Å². The molecular formula is C20H30N4O2. The van der Waals surface area contributed by atoms with E-state index in [1.165, 1.54) is 32.4 Å². The minimum atomic E-state index is -0.471. The van der Waals surface area contributed by atoms with Gasteiger partial charge in [-0.15, -0.1) is 0 Å². The zero-order chi connectivity index (χ0) is 18.2. The van der Waals surface area contributed by atoms with Gasteiger partial charge in [0.2, 0.25) is 0 Å². The third-order valence-electron chi connectivity index (χ3n) is 5.37. The van der Waals surface area contributed by atoms with E-state index in [2.05, 4.69) is 15.5 Å². The zero-order valence-corrected chi connectivity index (χ0v) is 15.5. The van der Waals surface area contributed by atoms with Crippen LogP contribution in [0.1, 0.15) is 44.9 Å². The highest BCUT2D eigenvalue weighted by atomic mass is 16.2. The SMILES string of the molecule is O=C(NC(=O)N1CCCCC1CCN1CCCCC1)Nc1ccccc1. The van der Waals surface area contributed by atoms with E-state index in [0.29, 0.717) is 5.69 Å². The molecule has 0 bridgehead atoms. The number of para-hydroxylation sites is 1. The lowest BCUT2D eigenvalue weighted by atomic mass is 9.99. The lowest BCUT2D eigenvalue weighted by Crippen LogP contribution is -2.51. The average Bonchev–Trinajstić information content (AvgIpc) is 2.68. The molecule has 4 amide bonds. The molecule has 1 aromatic rings. The number of amides is 4. The Bertz CT molecular complexity index is 587. The number of likely N-dealkylation sites (tertiary alicyclic amines) is 2. The Kier molecular flexibility index (Phi) is 6.89. The van der Waals surface area contributed by atoms with Crippen molar-refractivity contribution < 1.29 is 9.59 Å². The summed E-state index contributed by atoms with van der Waals surface area (Å²) in [5, 5.41) is 5.19. The van der Waals surface area contributed by atoms with Gasteiger partial charge in [0.15, 0.2) is 0 Å². The Balaban J connectivity index is 1.49. The van der Waals surface area contributed by atoms with E-state index in [0.717, 1.165) is 38.8 Å². The summed E-state index contributed by atoms with van der Waals surface area (Å²) in [5.41, 5.74) is 0.679. The first-order chi connectivity index (χ1) is 12.7. The summed E-state index contributed by atoms with van der Waals surface area (Å²) in [7, 11) is 0. The summed E-state index contributed by atoms with van der Waals surface area (Å²) in [6.07, 6.45) is 8.10. The van der Waals surface area contributed by atoms with Crippen LogP contribution in [-0.4, -0.2) is 54.1 Å². The molecule has 2 fully saturated rings. The molecular weight excluding hydrogens is 328 g/mol. The quantitative estimate of drug-likeness (QED) is 0.863. The molecule has 6 nitrogen and oxygen atoms in total. The number of nitrogens with one attached hydrogen (secondary N) is 2. The van der Waals surface area contributed by atoms with E-state index < -0.39 is 6.03 Å². The number of hydrogen-bond donors (Lipinski definition) is 2. The normalized spacial score (nSPS) is 21.2. The van der Waals surface area contributed by atoms with Crippen LogP contribution in [0.4, 0.5) is 15.3 Å². The van der Waals surface area contributed by atoms with E-state index in [1.807, 2.05) is 23.1 Å². The maximum atomic E-state index is 12.6. The molecule has 0 aliphatic carbocycles. The predicted octanol–water partition coefficient (Wildman–Crippen LogP) is 3.66. The van der Waals surface area contributed by atoms with Gasteiger partial charge in [-0.2, -0.15) is 0 Å². The summed E-state index contributed by atoms with van der Waals surface area (Å²) in [5.74, 6) is 0. The van der Waals surface area contributed by atoms with Gasteiger partial charge in [0.1, 0.15) is 0 Å². The first-order valence-corrected chi connectivity index (χ1v) is 9.88. The summed E-state index contributed by atoms with van der Waals surface area (Å²) in [6, 6.07) is 8.66. The molecule has 26 heavy (non-hydrogen) atoms. The number of piperidine rings is 2. The molecule has 3 rings (SSSR count). The fourth-order valence-corrected chi connectivity index (χ4v) is 3.94. The Labute approximate surface area is 155 Å². The minimum absolute atomic E-state index is 0.232. The topological polar surface area (TPSA) is 64.7 Å². The van der Waals surface area contributed by atoms with Gasteiger partial charge in [0, 0.05) is 24.8 Å². The molecule has 0 saturated carbocycles. The second kappa shape index (κ2) is 9.57. The van der Waals surface area contributed by atoms with Crippen molar-refractivity contribution in [2.75, 3.05) is 31.5 Å². The number of nitrogens with zero attached hydrogens (tertiary/aromatic N) is 2. The smallest absolute Gasteiger partial charge is 0.321 e. The summed E-state index contributed by atoms with van der Waals surface area (Å²) in [4.78, 5) is 29.1. The number of anilines is 1. The molecule has 0 radical (unpaired) electrons. The van der Waals surface area contributed by atoms with E-state index in [1.54, 1.807) is 12.1 Å². The molecule has 2 N–H and O–H groups in total. The lowest BCUT2D eigenvalue weighted by molar-refractivity contribution is 0.133. The van der Waals surface area contributed by atoms with Crippen molar-refractivity contribution in [3.8, 4) is 0 Å². The number of hydrogen-bond acceptors (Lipinski definition) is 3. The molecule has 1 unspecified atom stereocenters. The van der Waals surface area contributed by atoms with Crippen molar-refractivity contribution >= 4 is 17.7 Å².